The molecule has 0 heterocycles. The highest BCUT2D eigenvalue weighted by molar-refractivity contribution is 6.30. The number of benzene rings is 1. The summed E-state index contributed by atoms with van der Waals surface area (Å²) in [5, 5.41) is 0.668. The van der Waals surface area contributed by atoms with Crippen molar-refractivity contribution in [2.45, 2.75) is 5.56 Å². The van der Waals surface area contributed by atoms with Crippen molar-refractivity contribution in [2.24, 2.45) is 5.73 Å². The lowest BCUT2D eigenvalue weighted by atomic mass is 10.3. The number of hydrogen-bond donors (Lipinski definition) is 1. The molecule has 0 aliphatic rings. The van der Waals surface area contributed by atoms with Crippen molar-refractivity contribution in [1.29, 1.82) is 0 Å². The van der Waals surface area contributed by atoms with Crippen molar-refractivity contribution in [3.8, 4) is 5.75 Å². The van der Waals surface area contributed by atoms with Gasteiger partial charge < -0.3 is 10.5 Å². The molecule has 2 N–H and O–H groups in total. The Morgan fingerprint density at radius 3 is 2.42 bits per heavy atom. The predicted octanol–water partition coefficient (Wildman–Crippen LogP) is 2.24. The van der Waals surface area contributed by atoms with Gasteiger partial charge in [-0.2, -0.15) is 0 Å². The van der Waals surface area contributed by atoms with Gasteiger partial charge in [0.05, 0.1) is 0 Å². The van der Waals surface area contributed by atoms with Crippen molar-refractivity contribution in [2.75, 3.05) is 6.54 Å². The van der Waals surface area contributed by atoms with Crippen LogP contribution < -0.4 is 10.5 Å². The van der Waals surface area contributed by atoms with E-state index in [2.05, 4.69) is 0 Å². The fourth-order valence-corrected chi connectivity index (χ4v) is 0.938. The lowest BCUT2D eigenvalue weighted by Crippen LogP contribution is -2.20. The van der Waals surface area contributed by atoms with E-state index in [1.165, 1.54) is 0 Å². The summed E-state index contributed by atoms with van der Waals surface area (Å²) >= 11 is 11.3. The van der Waals surface area contributed by atoms with Crippen LogP contribution >= 0.6 is 23.2 Å². The van der Waals surface area contributed by atoms with Crippen molar-refractivity contribution in [3.63, 3.8) is 0 Å². The van der Waals surface area contributed by atoms with Gasteiger partial charge in [-0.1, -0.05) is 23.2 Å². The van der Waals surface area contributed by atoms with E-state index in [9.17, 15) is 0 Å². The van der Waals surface area contributed by atoms with Crippen LogP contribution in [0.1, 0.15) is 0 Å². The molecule has 0 bridgehead atoms. The van der Waals surface area contributed by atoms with Crippen molar-refractivity contribution in [1.82, 2.24) is 0 Å². The number of hydrogen-bond acceptors (Lipinski definition) is 2. The van der Waals surface area contributed by atoms with E-state index in [0.717, 1.165) is 0 Å². The van der Waals surface area contributed by atoms with Gasteiger partial charge in [0.2, 0.25) is 0 Å². The van der Waals surface area contributed by atoms with E-state index in [-0.39, 0.29) is 6.54 Å². The second-order valence-electron chi connectivity index (χ2n) is 2.22. The first kappa shape index (κ1) is 9.65. The lowest BCUT2D eigenvalue weighted by Gasteiger charge is -2.09. The van der Waals surface area contributed by atoms with Gasteiger partial charge in [-0.05, 0) is 24.3 Å². The van der Waals surface area contributed by atoms with Crippen LogP contribution in [-0.2, 0) is 0 Å². The largest absolute Gasteiger partial charge is 0.473 e. The highest BCUT2D eigenvalue weighted by Gasteiger charge is 2.01. The molecule has 0 fully saturated rings. The molecule has 2 nitrogen and oxygen atoms in total. The molecule has 0 aliphatic heterocycles. The standard InChI is InChI=1S/C8H9Cl2NO/c9-6-1-3-7(4-2-6)12-8(10)5-11/h1-4,8H,5,11H2. The zero-order chi connectivity index (χ0) is 8.97. The minimum atomic E-state index is -0.480. The number of rotatable bonds is 3. The fourth-order valence-electron chi connectivity index (χ4n) is 0.709. The summed E-state index contributed by atoms with van der Waals surface area (Å²) in [6.07, 6.45) is 0. The molecule has 0 radical (unpaired) electrons. The fraction of sp³-hybridized carbons (Fsp3) is 0.250. The van der Waals surface area contributed by atoms with E-state index in [0.29, 0.717) is 10.8 Å². The van der Waals surface area contributed by atoms with Gasteiger partial charge in [0.15, 0.2) is 5.56 Å². The molecular formula is C8H9Cl2NO. The Bertz CT molecular complexity index is 237. The minimum Gasteiger partial charge on any atom is -0.473 e. The third-order valence-electron chi connectivity index (χ3n) is 1.26. The van der Waals surface area contributed by atoms with Gasteiger partial charge in [0.1, 0.15) is 5.75 Å². The molecule has 0 aromatic heterocycles. The number of halogens is 2. The van der Waals surface area contributed by atoms with Gasteiger partial charge in [0, 0.05) is 11.6 Å². The third-order valence-corrected chi connectivity index (χ3v) is 1.78. The Balaban J connectivity index is 2.58. The smallest absolute Gasteiger partial charge is 0.184 e. The van der Waals surface area contributed by atoms with Crippen LogP contribution in [0.2, 0.25) is 5.02 Å². The first-order valence-corrected chi connectivity index (χ1v) is 4.30. The van der Waals surface area contributed by atoms with Crippen LogP contribution in [0.4, 0.5) is 0 Å². The molecule has 1 aromatic rings. The zero-order valence-corrected chi connectivity index (χ0v) is 7.85. The molecule has 1 aromatic carbocycles. The normalized spacial score (nSPS) is 12.6. The summed E-state index contributed by atoms with van der Waals surface area (Å²) in [6.45, 7) is 0.282. The minimum absolute atomic E-state index is 0.282. The number of alkyl halides is 1. The van der Waals surface area contributed by atoms with Crippen molar-refractivity contribution in [3.05, 3.63) is 29.3 Å². The Morgan fingerprint density at radius 1 is 1.33 bits per heavy atom. The average Bonchev–Trinajstić information content (AvgIpc) is 2.09. The molecular weight excluding hydrogens is 197 g/mol. The van der Waals surface area contributed by atoms with Gasteiger partial charge in [-0.3, -0.25) is 0 Å². The van der Waals surface area contributed by atoms with Gasteiger partial charge in [0.25, 0.3) is 0 Å². The maximum atomic E-state index is 5.67. The molecule has 12 heavy (non-hydrogen) atoms. The maximum Gasteiger partial charge on any atom is 0.184 e. The van der Waals surface area contributed by atoms with Crippen LogP contribution in [0.25, 0.3) is 0 Å². The molecule has 0 aliphatic carbocycles. The first-order chi connectivity index (χ1) is 5.72. The van der Waals surface area contributed by atoms with Gasteiger partial charge in [-0.25, -0.2) is 0 Å². The number of ether oxygens (including phenoxy) is 1. The molecule has 0 amide bonds. The molecule has 4 heteroatoms. The first-order valence-electron chi connectivity index (χ1n) is 3.48. The van der Waals surface area contributed by atoms with E-state index < -0.39 is 5.56 Å². The topological polar surface area (TPSA) is 35.2 Å². The lowest BCUT2D eigenvalue weighted by molar-refractivity contribution is 0.289. The van der Waals surface area contributed by atoms with Crippen LogP contribution in [-0.4, -0.2) is 12.1 Å². The SMILES string of the molecule is NCC(Cl)Oc1ccc(Cl)cc1. The Hall–Kier alpha value is -0.440. The van der Waals surface area contributed by atoms with E-state index in [1.807, 2.05) is 0 Å². The van der Waals surface area contributed by atoms with Crippen LogP contribution in [0.15, 0.2) is 24.3 Å². The van der Waals surface area contributed by atoms with Crippen molar-refractivity contribution >= 4 is 23.2 Å². The third kappa shape index (κ3) is 2.89. The second kappa shape index (κ2) is 4.55. The molecule has 1 unspecified atom stereocenters. The molecule has 1 rings (SSSR count). The zero-order valence-electron chi connectivity index (χ0n) is 6.34. The molecule has 0 spiro atoms. The monoisotopic (exact) mass is 205 g/mol. The highest BCUT2D eigenvalue weighted by atomic mass is 35.5. The van der Waals surface area contributed by atoms with E-state index in [1.54, 1.807) is 24.3 Å². The van der Waals surface area contributed by atoms with Gasteiger partial charge in [-0.15, -0.1) is 0 Å². The molecule has 1 atom stereocenters. The van der Waals surface area contributed by atoms with Gasteiger partial charge >= 0.3 is 0 Å². The Labute approximate surface area is 81.2 Å². The molecule has 0 saturated heterocycles. The quantitative estimate of drug-likeness (QED) is 0.769. The van der Waals surface area contributed by atoms with Crippen LogP contribution in [0.5, 0.6) is 5.75 Å². The Morgan fingerprint density at radius 2 is 1.92 bits per heavy atom. The maximum absolute atomic E-state index is 5.67. The Kier molecular flexibility index (Phi) is 3.66. The van der Waals surface area contributed by atoms with Crippen molar-refractivity contribution < 1.29 is 4.74 Å². The second-order valence-corrected chi connectivity index (χ2v) is 3.14. The molecule has 66 valence electrons. The summed E-state index contributed by atoms with van der Waals surface area (Å²) in [6, 6.07) is 6.95. The van der Waals surface area contributed by atoms with E-state index >= 15 is 0 Å². The molecule has 0 saturated carbocycles. The number of nitrogens with two attached hydrogens (primary N) is 1. The summed E-state index contributed by atoms with van der Waals surface area (Å²) < 4.78 is 5.20. The average molecular weight is 206 g/mol. The summed E-state index contributed by atoms with van der Waals surface area (Å²) in [7, 11) is 0. The van der Waals surface area contributed by atoms with Crippen LogP contribution in [0.3, 0.4) is 0 Å². The summed E-state index contributed by atoms with van der Waals surface area (Å²) in [4.78, 5) is 0. The van der Waals surface area contributed by atoms with E-state index in [4.69, 9.17) is 33.7 Å². The summed E-state index contributed by atoms with van der Waals surface area (Å²) in [5.41, 5.74) is 4.79. The van der Waals surface area contributed by atoms with Crippen LogP contribution in [0, 0.1) is 0 Å². The highest BCUT2D eigenvalue weighted by Crippen LogP contribution is 2.17. The predicted molar refractivity (Wildman–Crippen MR) is 50.8 cm³/mol. The summed E-state index contributed by atoms with van der Waals surface area (Å²) in [5.74, 6) is 0.671.